The highest BCUT2D eigenvalue weighted by atomic mass is 19.1. The van der Waals surface area contributed by atoms with Crippen molar-refractivity contribution in [3.8, 4) is 11.3 Å². The molecular formula is C24H33FN2. The minimum Gasteiger partial charge on any atom is -0.207 e. The molecule has 146 valence electrons. The molecule has 1 heterocycles. The van der Waals surface area contributed by atoms with Crippen LogP contribution in [-0.2, 0) is 12.8 Å². The molecule has 1 aliphatic carbocycles. The summed E-state index contributed by atoms with van der Waals surface area (Å²) in [5.41, 5.74) is 3.42. The van der Waals surface area contributed by atoms with Crippen molar-refractivity contribution in [3.05, 3.63) is 47.4 Å². The smallest absolute Gasteiger partial charge is 0.127 e. The summed E-state index contributed by atoms with van der Waals surface area (Å²) in [4.78, 5) is 0. The third-order valence-corrected chi connectivity index (χ3v) is 6.06. The summed E-state index contributed by atoms with van der Waals surface area (Å²) in [7, 11) is 0. The van der Waals surface area contributed by atoms with Crippen molar-refractivity contribution in [2.45, 2.75) is 78.1 Å². The number of nitrogens with zero attached hydrogens (tertiary/aromatic N) is 2. The van der Waals surface area contributed by atoms with Gasteiger partial charge in [-0.15, -0.1) is 0 Å². The van der Waals surface area contributed by atoms with Crippen molar-refractivity contribution in [3.63, 3.8) is 0 Å². The Morgan fingerprint density at radius 3 is 2.44 bits per heavy atom. The normalized spacial score (nSPS) is 20.0. The van der Waals surface area contributed by atoms with Gasteiger partial charge in [-0.05, 0) is 61.3 Å². The molecule has 0 amide bonds. The number of unbranched alkanes of at least 4 members (excludes halogenated alkanes) is 2. The maximum Gasteiger partial charge on any atom is 0.127 e. The summed E-state index contributed by atoms with van der Waals surface area (Å²) in [5, 5.41) is 8.62. The van der Waals surface area contributed by atoms with Crippen LogP contribution >= 0.6 is 0 Å². The number of hydrogen-bond acceptors (Lipinski definition) is 2. The molecule has 2 nitrogen and oxygen atoms in total. The zero-order chi connectivity index (χ0) is 19.1. The molecule has 0 aliphatic heterocycles. The first-order valence-corrected chi connectivity index (χ1v) is 10.8. The molecule has 27 heavy (non-hydrogen) atoms. The highest BCUT2D eigenvalue weighted by Gasteiger charge is 2.18. The monoisotopic (exact) mass is 368 g/mol. The van der Waals surface area contributed by atoms with Crippen LogP contribution in [0.25, 0.3) is 11.3 Å². The summed E-state index contributed by atoms with van der Waals surface area (Å²) in [6.07, 6.45) is 11.8. The topological polar surface area (TPSA) is 25.8 Å². The predicted octanol–water partition coefficient (Wildman–Crippen LogP) is 6.77. The minimum atomic E-state index is -0.106. The molecule has 0 spiro atoms. The summed E-state index contributed by atoms with van der Waals surface area (Å²) >= 11 is 0. The fraction of sp³-hybridized carbons (Fsp3) is 0.583. The lowest BCUT2D eigenvalue weighted by atomic mass is 9.80. The first-order chi connectivity index (χ1) is 13.2. The lowest BCUT2D eigenvalue weighted by molar-refractivity contribution is 0.277. The quantitative estimate of drug-likeness (QED) is 0.480. The van der Waals surface area contributed by atoms with E-state index in [1.54, 1.807) is 6.07 Å². The van der Waals surface area contributed by atoms with E-state index in [1.165, 1.54) is 38.5 Å². The average Bonchev–Trinajstić information content (AvgIpc) is 2.69. The van der Waals surface area contributed by atoms with Crippen molar-refractivity contribution < 1.29 is 4.39 Å². The van der Waals surface area contributed by atoms with Crippen molar-refractivity contribution >= 4 is 0 Å². The Bertz CT molecular complexity index is 703. The number of hydrogen-bond donors (Lipinski definition) is 0. The van der Waals surface area contributed by atoms with Gasteiger partial charge >= 0.3 is 0 Å². The lowest BCUT2D eigenvalue weighted by Gasteiger charge is -2.26. The van der Waals surface area contributed by atoms with Gasteiger partial charge in [0.2, 0.25) is 0 Å². The fourth-order valence-electron chi connectivity index (χ4n) is 4.09. The molecule has 0 bridgehead atoms. The molecule has 0 saturated heterocycles. The van der Waals surface area contributed by atoms with Crippen LogP contribution in [0.3, 0.4) is 0 Å². The van der Waals surface area contributed by atoms with Gasteiger partial charge < -0.3 is 0 Å². The zero-order valence-corrected chi connectivity index (χ0v) is 16.9. The van der Waals surface area contributed by atoms with Crippen molar-refractivity contribution in [1.29, 1.82) is 0 Å². The third kappa shape index (κ3) is 5.85. The molecular weight excluding hydrogens is 335 g/mol. The van der Waals surface area contributed by atoms with Gasteiger partial charge in [-0.1, -0.05) is 64.5 Å². The van der Waals surface area contributed by atoms with E-state index >= 15 is 0 Å². The van der Waals surface area contributed by atoms with Crippen LogP contribution in [0.15, 0.2) is 30.3 Å². The zero-order valence-electron chi connectivity index (χ0n) is 16.9. The maximum absolute atomic E-state index is 14.6. The Hall–Kier alpha value is -1.77. The van der Waals surface area contributed by atoms with Gasteiger partial charge in [0.25, 0.3) is 0 Å². The van der Waals surface area contributed by atoms with E-state index in [2.05, 4.69) is 24.0 Å². The average molecular weight is 369 g/mol. The minimum absolute atomic E-state index is 0.106. The fourth-order valence-corrected chi connectivity index (χ4v) is 4.09. The van der Waals surface area contributed by atoms with E-state index in [0.29, 0.717) is 0 Å². The van der Waals surface area contributed by atoms with Gasteiger partial charge in [-0.3, -0.25) is 0 Å². The van der Waals surface area contributed by atoms with Crippen LogP contribution in [0.4, 0.5) is 4.39 Å². The highest BCUT2D eigenvalue weighted by molar-refractivity contribution is 5.59. The highest BCUT2D eigenvalue weighted by Crippen LogP contribution is 2.31. The number of aryl methyl sites for hydroxylation is 2. The first-order valence-electron chi connectivity index (χ1n) is 10.8. The predicted molar refractivity (Wildman–Crippen MR) is 110 cm³/mol. The molecule has 1 aromatic heterocycles. The Balaban J connectivity index is 1.57. The summed E-state index contributed by atoms with van der Waals surface area (Å²) in [6, 6.07) is 9.54. The maximum atomic E-state index is 14.6. The van der Waals surface area contributed by atoms with Crippen LogP contribution in [0, 0.1) is 17.7 Å². The summed E-state index contributed by atoms with van der Waals surface area (Å²) in [6.45, 7) is 4.54. The van der Waals surface area contributed by atoms with Gasteiger partial charge in [-0.2, -0.15) is 10.2 Å². The van der Waals surface area contributed by atoms with Gasteiger partial charge in [0, 0.05) is 5.56 Å². The van der Waals surface area contributed by atoms with E-state index in [4.69, 9.17) is 0 Å². The van der Waals surface area contributed by atoms with E-state index in [0.717, 1.165) is 60.0 Å². The van der Waals surface area contributed by atoms with Gasteiger partial charge in [0.05, 0.1) is 11.4 Å². The molecule has 1 aliphatic rings. The molecule has 1 saturated carbocycles. The lowest BCUT2D eigenvalue weighted by Crippen LogP contribution is -2.13. The Labute approximate surface area is 163 Å². The SMILES string of the molecule is CCCCCc1ccc(-c2ccc(CCC3CCC(C)CC3)c(F)c2)nn1. The number of benzene rings is 1. The van der Waals surface area contributed by atoms with Crippen molar-refractivity contribution in [2.75, 3.05) is 0 Å². The number of aromatic nitrogens is 2. The second-order valence-electron chi connectivity index (χ2n) is 8.34. The Morgan fingerprint density at radius 2 is 1.78 bits per heavy atom. The molecule has 3 rings (SSSR count). The van der Waals surface area contributed by atoms with Gasteiger partial charge in [0.15, 0.2) is 0 Å². The molecule has 0 unspecified atom stereocenters. The molecule has 1 aromatic carbocycles. The van der Waals surface area contributed by atoms with Crippen LogP contribution in [0.2, 0.25) is 0 Å². The van der Waals surface area contributed by atoms with E-state index in [9.17, 15) is 4.39 Å². The molecule has 2 aromatic rings. The van der Waals surface area contributed by atoms with E-state index in [-0.39, 0.29) is 5.82 Å². The summed E-state index contributed by atoms with van der Waals surface area (Å²) in [5.74, 6) is 1.54. The first kappa shape index (κ1) is 20.0. The van der Waals surface area contributed by atoms with Crippen LogP contribution in [0.5, 0.6) is 0 Å². The Morgan fingerprint density at radius 1 is 0.963 bits per heavy atom. The van der Waals surface area contributed by atoms with E-state index in [1.807, 2.05) is 24.3 Å². The van der Waals surface area contributed by atoms with Crippen LogP contribution in [0.1, 0.15) is 76.5 Å². The van der Waals surface area contributed by atoms with Crippen molar-refractivity contribution in [2.24, 2.45) is 11.8 Å². The molecule has 0 atom stereocenters. The molecule has 3 heteroatoms. The molecule has 1 fully saturated rings. The van der Waals surface area contributed by atoms with Gasteiger partial charge in [0.1, 0.15) is 5.82 Å². The molecule has 0 radical (unpaired) electrons. The van der Waals surface area contributed by atoms with Gasteiger partial charge in [-0.25, -0.2) is 4.39 Å². The number of halogens is 1. The standard InChI is InChI=1S/C24H33FN2/c1-3-4-5-6-22-15-16-24(27-26-22)21-14-13-20(23(25)17-21)12-11-19-9-7-18(2)8-10-19/h13-19H,3-12H2,1-2H3. The van der Waals surface area contributed by atoms with E-state index < -0.39 is 0 Å². The Kier molecular flexibility index (Phi) is 7.37. The van der Waals surface area contributed by atoms with Crippen LogP contribution in [-0.4, -0.2) is 10.2 Å². The van der Waals surface area contributed by atoms with Crippen LogP contribution < -0.4 is 0 Å². The number of rotatable bonds is 8. The largest absolute Gasteiger partial charge is 0.207 e. The second kappa shape index (κ2) is 9.96. The van der Waals surface area contributed by atoms with Crippen molar-refractivity contribution in [1.82, 2.24) is 10.2 Å². The summed E-state index contributed by atoms with van der Waals surface area (Å²) < 4.78 is 14.6. The third-order valence-electron chi connectivity index (χ3n) is 6.06. The second-order valence-corrected chi connectivity index (χ2v) is 8.34. The molecule has 0 N–H and O–H groups in total.